The summed E-state index contributed by atoms with van der Waals surface area (Å²) in [5.41, 5.74) is 5.97. The number of aryl methyl sites for hydroxylation is 1. The van der Waals surface area contributed by atoms with Crippen molar-refractivity contribution in [2.24, 2.45) is 11.7 Å². The normalized spacial score (nSPS) is 21.3. The molecule has 4 nitrogen and oxygen atoms in total. The maximum absolute atomic E-state index is 5.97. The van der Waals surface area contributed by atoms with Crippen molar-refractivity contribution in [2.45, 2.75) is 45.7 Å². The van der Waals surface area contributed by atoms with Crippen LogP contribution in [0.3, 0.4) is 0 Å². The third kappa shape index (κ3) is 1.80. The van der Waals surface area contributed by atoms with Crippen LogP contribution in [0.1, 0.15) is 44.4 Å². The van der Waals surface area contributed by atoms with Crippen LogP contribution in [-0.2, 0) is 13.0 Å². The summed E-state index contributed by atoms with van der Waals surface area (Å²) in [5, 5.41) is 4.47. The molecule has 2 N–H and O–H groups in total. The van der Waals surface area contributed by atoms with E-state index in [2.05, 4.69) is 23.9 Å². The van der Waals surface area contributed by atoms with Gasteiger partial charge in [0.05, 0.1) is 6.04 Å². The molecule has 0 saturated heterocycles. The van der Waals surface area contributed by atoms with E-state index in [9.17, 15) is 0 Å². The minimum atomic E-state index is 0.0946. The summed E-state index contributed by atoms with van der Waals surface area (Å²) in [6.07, 6.45) is 3.12. The van der Waals surface area contributed by atoms with E-state index in [1.54, 1.807) is 0 Å². The molecule has 0 fully saturated rings. The fraction of sp³-hybridized carbons (Fsp3) is 0.800. The number of hydrogen-bond donors (Lipinski definition) is 1. The first kappa shape index (κ1) is 9.65. The summed E-state index contributed by atoms with van der Waals surface area (Å²) in [6.45, 7) is 5.34. The Morgan fingerprint density at radius 2 is 2.36 bits per heavy atom. The first-order valence-corrected chi connectivity index (χ1v) is 5.36. The Hall–Kier alpha value is -0.900. The molecule has 0 bridgehead atoms. The Morgan fingerprint density at radius 3 is 3.00 bits per heavy atom. The van der Waals surface area contributed by atoms with Crippen LogP contribution in [0.25, 0.3) is 0 Å². The number of nitrogens with zero attached hydrogens (tertiary/aromatic N) is 3. The first-order chi connectivity index (χ1) is 6.66. The van der Waals surface area contributed by atoms with Crippen LogP contribution in [0.2, 0.25) is 0 Å². The zero-order valence-electron chi connectivity index (χ0n) is 8.90. The third-order valence-corrected chi connectivity index (χ3v) is 2.55. The molecule has 0 aliphatic carbocycles. The molecule has 1 unspecified atom stereocenters. The highest BCUT2D eigenvalue weighted by Gasteiger charge is 2.20. The molecule has 2 rings (SSSR count). The fourth-order valence-corrected chi connectivity index (χ4v) is 1.88. The van der Waals surface area contributed by atoms with E-state index >= 15 is 0 Å². The second-order valence-corrected chi connectivity index (χ2v) is 4.46. The molecule has 0 spiro atoms. The highest BCUT2D eigenvalue weighted by atomic mass is 15.4. The van der Waals surface area contributed by atoms with Crippen LogP contribution in [0.15, 0.2) is 0 Å². The van der Waals surface area contributed by atoms with Crippen LogP contribution in [0.4, 0.5) is 0 Å². The van der Waals surface area contributed by atoms with Crippen molar-refractivity contribution in [3.63, 3.8) is 0 Å². The quantitative estimate of drug-likeness (QED) is 0.771. The molecule has 0 amide bonds. The lowest BCUT2D eigenvalue weighted by atomic mass is 10.1. The van der Waals surface area contributed by atoms with E-state index in [4.69, 9.17) is 5.73 Å². The Kier molecular flexibility index (Phi) is 2.54. The molecule has 0 saturated carbocycles. The third-order valence-electron chi connectivity index (χ3n) is 2.55. The summed E-state index contributed by atoms with van der Waals surface area (Å²) in [6, 6.07) is 0.0946. The van der Waals surface area contributed by atoms with Gasteiger partial charge in [-0.3, -0.25) is 0 Å². The average molecular weight is 194 g/mol. The van der Waals surface area contributed by atoms with E-state index < -0.39 is 0 Å². The second kappa shape index (κ2) is 3.69. The number of nitrogens with two attached hydrogens (primary N) is 1. The van der Waals surface area contributed by atoms with E-state index in [1.807, 2.05) is 4.68 Å². The molecular weight excluding hydrogens is 176 g/mol. The molecule has 1 aliphatic heterocycles. The van der Waals surface area contributed by atoms with E-state index in [0.29, 0.717) is 5.92 Å². The van der Waals surface area contributed by atoms with E-state index in [1.165, 1.54) is 0 Å². The van der Waals surface area contributed by atoms with Crippen molar-refractivity contribution in [2.75, 3.05) is 0 Å². The summed E-state index contributed by atoms with van der Waals surface area (Å²) in [5.74, 6) is 2.54. The maximum Gasteiger partial charge on any atom is 0.151 e. The molecule has 1 aromatic rings. The monoisotopic (exact) mass is 194 g/mol. The standard InChI is InChI=1S/C10H18N4/c1-7(2)6-9-12-10-8(11)4-3-5-14(10)13-9/h7-8H,3-6,11H2,1-2H3. The zero-order valence-corrected chi connectivity index (χ0v) is 8.90. The lowest BCUT2D eigenvalue weighted by molar-refractivity contribution is 0.421. The van der Waals surface area contributed by atoms with Crippen molar-refractivity contribution in [3.8, 4) is 0 Å². The van der Waals surface area contributed by atoms with Crippen LogP contribution in [-0.4, -0.2) is 14.8 Å². The second-order valence-electron chi connectivity index (χ2n) is 4.46. The molecule has 4 heteroatoms. The molecule has 0 aromatic carbocycles. The lowest BCUT2D eigenvalue weighted by Gasteiger charge is -2.17. The summed E-state index contributed by atoms with van der Waals surface area (Å²) in [7, 11) is 0. The van der Waals surface area contributed by atoms with Gasteiger partial charge in [0.25, 0.3) is 0 Å². The van der Waals surface area contributed by atoms with Gasteiger partial charge in [0, 0.05) is 13.0 Å². The van der Waals surface area contributed by atoms with Gasteiger partial charge in [0.2, 0.25) is 0 Å². The molecule has 78 valence electrons. The van der Waals surface area contributed by atoms with Gasteiger partial charge in [0.15, 0.2) is 5.82 Å². The van der Waals surface area contributed by atoms with Crippen molar-refractivity contribution in [1.82, 2.24) is 14.8 Å². The zero-order chi connectivity index (χ0) is 10.1. The molecule has 2 heterocycles. The molecular formula is C10H18N4. The van der Waals surface area contributed by atoms with Gasteiger partial charge in [-0.2, -0.15) is 5.10 Å². The molecule has 14 heavy (non-hydrogen) atoms. The van der Waals surface area contributed by atoms with Crippen molar-refractivity contribution in [1.29, 1.82) is 0 Å². The Balaban J connectivity index is 2.21. The first-order valence-electron chi connectivity index (χ1n) is 5.36. The Morgan fingerprint density at radius 1 is 1.57 bits per heavy atom. The van der Waals surface area contributed by atoms with Crippen molar-refractivity contribution >= 4 is 0 Å². The number of aromatic nitrogens is 3. The van der Waals surface area contributed by atoms with Crippen molar-refractivity contribution < 1.29 is 0 Å². The number of hydrogen-bond acceptors (Lipinski definition) is 3. The molecule has 1 aromatic heterocycles. The largest absolute Gasteiger partial charge is 0.321 e. The minimum Gasteiger partial charge on any atom is -0.321 e. The van der Waals surface area contributed by atoms with Gasteiger partial charge < -0.3 is 5.73 Å². The molecule has 1 aliphatic rings. The van der Waals surface area contributed by atoms with Gasteiger partial charge in [0.1, 0.15) is 5.82 Å². The summed E-state index contributed by atoms with van der Waals surface area (Å²) >= 11 is 0. The smallest absolute Gasteiger partial charge is 0.151 e. The van der Waals surface area contributed by atoms with Crippen molar-refractivity contribution in [3.05, 3.63) is 11.6 Å². The highest BCUT2D eigenvalue weighted by molar-refractivity contribution is 5.01. The predicted molar refractivity (Wildman–Crippen MR) is 54.7 cm³/mol. The van der Waals surface area contributed by atoms with Gasteiger partial charge >= 0.3 is 0 Å². The van der Waals surface area contributed by atoms with Crippen LogP contribution >= 0.6 is 0 Å². The van der Waals surface area contributed by atoms with Crippen LogP contribution in [0, 0.1) is 5.92 Å². The predicted octanol–water partition coefficient (Wildman–Crippen LogP) is 1.27. The minimum absolute atomic E-state index is 0.0946. The summed E-state index contributed by atoms with van der Waals surface area (Å²) < 4.78 is 1.98. The number of fused-ring (bicyclic) bond motifs is 1. The van der Waals surface area contributed by atoms with Gasteiger partial charge in [-0.1, -0.05) is 13.8 Å². The van der Waals surface area contributed by atoms with Gasteiger partial charge in [-0.25, -0.2) is 9.67 Å². The lowest BCUT2D eigenvalue weighted by Crippen LogP contribution is -2.22. The SMILES string of the molecule is CC(C)Cc1nc2n(n1)CCCC2N. The topological polar surface area (TPSA) is 56.7 Å². The van der Waals surface area contributed by atoms with Gasteiger partial charge in [-0.15, -0.1) is 0 Å². The van der Waals surface area contributed by atoms with Crippen LogP contribution < -0.4 is 5.73 Å². The molecule has 1 atom stereocenters. The summed E-state index contributed by atoms with van der Waals surface area (Å²) in [4.78, 5) is 4.50. The average Bonchev–Trinajstić information content (AvgIpc) is 2.47. The highest BCUT2D eigenvalue weighted by Crippen LogP contribution is 2.20. The van der Waals surface area contributed by atoms with E-state index in [0.717, 1.165) is 37.5 Å². The van der Waals surface area contributed by atoms with Crippen LogP contribution in [0.5, 0.6) is 0 Å². The van der Waals surface area contributed by atoms with Gasteiger partial charge in [-0.05, 0) is 18.8 Å². The molecule has 0 radical (unpaired) electrons. The van der Waals surface area contributed by atoms with E-state index in [-0.39, 0.29) is 6.04 Å². The maximum atomic E-state index is 5.97. The fourth-order valence-electron chi connectivity index (χ4n) is 1.88. The number of rotatable bonds is 2. The Bertz CT molecular complexity index is 316. The Labute approximate surface area is 84.5 Å².